The van der Waals surface area contributed by atoms with E-state index in [2.05, 4.69) is 15.1 Å². The van der Waals surface area contributed by atoms with Gasteiger partial charge in [-0.25, -0.2) is 4.79 Å². The average molecular weight is 276 g/mol. The third-order valence-electron chi connectivity index (χ3n) is 2.14. The fraction of sp³-hybridized carbons (Fsp3) is 0.0833. The molecule has 0 amide bonds. The fourth-order valence-corrected chi connectivity index (χ4v) is 1.90. The van der Waals surface area contributed by atoms with Crippen LogP contribution in [0.15, 0.2) is 41.1 Å². The highest BCUT2D eigenvalue weighted by Crippen LogP contribution is 2.07. The number of rotatable bonds is 4. The number of oxime groups is 1. The SMILES string of the molecule is Cn1cc(/C=C/C(=O)O/N=C(\N)c2cccs2)cn1. The number of nitrogens with zero attached hydrogens (tertiary/aromatic N) is 3. The van der Waals surface area contributed by atoms with E-state index < -0.39 is 5.97 Å². The first-order valence-electron chi connectivity index (χ1n) is 5.40. The summed E-state index contributed by atoms with van der Waals surface area (Å²) in [4.78, 5) is 16.8. The number of nitrogens with two attached hydrogens (primary N) is 1. The zero-order chi connectivity index (χ0) is 13.7. The van der Waals surface area contributed by atoms with E-state index in [1.54, 1.807) is 36.3 Å². The Bertz CT molecular complexity index is 613. The summed E-state index contributed by atoms with van der Waals surface area (Å²) in [5.41, 5.74) is 6.44. The maximum absolute atomic E-state index is 11.4. The predicted molar refractivity (Wildman–Crippen MR) is 73.4 cm³/mol. The minimum absolute atomic E-state index is 0.179. The van der Waals surface area contributed by atoms with Crippen molar-refractivity contribution in [2.24, 2.45) is 17.9 Å². The van der Waals surface area contributed by atoms with E-state index in [4.69, 9.17) is 5.73 Å². The van der Waals surface area contributed by atoms with Crippen LogP contribution in [-0.2, 0) is 16.7 Å². The van der Waals surface area contributed by atoms with Gasteiger partial charge in [-0.2, -0.15) is 5.10 Å². The molecule has 0 atom stereocenters. The minimum Gasteiger partial charge on any atom is -0.380 e. The Morgan fingerprint density at radius 2 is 2.47 bits per heavy atom. The van der Waals surface area contributed by atoms with Crippen molar-refractivity contribution in [1.82, 2.24) is 9.78 Å². The molecule has 0 saturated heterocycles. The van der Waals surface area contributed by atoms with Crippen LogP contribution in [0, 0.1) is 0 Å². The zero-order valence-corrected chi connectivity index (χ0v) is 11.0. The first-order chi connectivity index (χ1) is 9.15. The number of amidine groups is 1. The Hall–Kier alpha value is -2.41. The first kappa shape index (κ1) is 13.0. The van der Waals surface area contributed by atoms with Crippen molar-refractivity contribution in [2.45, 2.75) is 0 Å². The molecule has 2 rings (SSSR count). The zero-order valence-electron chi connectivity index (χ0n) is 10.2. The summed E-state index contributed by atoms with van der Waals surface area (Å²) in [6.07, 6.45) is 6.26. The van der Waals surface area contributed by atoms with Crippen LogP contribution in [0.5, 0.6) is 0 Å². The van der Waals surface area contributed by atoms with E-state index in [1.807, 2.05) is 11.4 Å². The molecule has 19 heavy (non-hydrogen) atoms. The molecule has 98 valence electrons. The van der Waals surface area contributed by atoms with E-state index in [-0.39, 0.29) is 5.84 Å². The molecule has 0 aliphatic heterocycles. The highest BCUT2D eigenvalue weighted by Gasteiger charge is 2.02. The van der Waals surface area contributed by atoms with Gasteiger partial charge in [-0.1, -0.05) is 11.2 Å². The molecule has 0 aliphatic rings. The van der Waals surface area contributed by atoms with E-state index in [0.717, 1.165) is 10.4 Å². The van der Waals surface area contributed by atoms with Gasteiger partial charge >= 0.3 is 5.97 Å². The van der Waals surface area contributed by atoms with E-state index in [9.17, 15) is 4.79 Å². The van der Waals surface area contributed by atoms with Gasteiger partial charge in [0.25, 0.3) is 0 Å². The van der Waals surface area contributed by atoms with Gasteiger partial charge in [0, 0.05) is 24.9 Å². The molecule has 0 spiro atoms. The lowest BCUT2D eigenvalue weighted by Crippen LogP contribution is -2.13. The maximum Gasteiger partial charge on any atom is 0.358 e. The summed E-state index contributed by atoms with van der Waals surface area (Å²) in [7, 11) is 1.79. The van der Waals surface area contributed by atoms with Gasteiger partial charge in [0.05, 0.1) is 11.1 Å². The monoisotopic (exact) mass is 276 g/mol. The van der Waals surface area contributed by atoms with Crippen LogP contribution in [0.3, 0.4) is 0 Å². The molecular weight excluding hydrogens is 264 g/mol. The lowest BCUT2D eigenvalue weighted by Gasteiger charge is -1.95. The Labute approximate surface area is 113 Å². The van der Waals surface area contributed by atoms with E-state index >= 15 is 0 Å². The second-order valence-corrected chi connectivity index (χ2v) is 4.59. The van der Waals surface area contributed by atoms with Gasteiger partial charge in [0.15, 0.2) is 5.84 Å². The van der Waals surface area contributed by atoms with Crippen LogP contribution in [0.4, 0.5) is 0 Å². The van der Waals surface area contributed by atoms with E-state index in [1.165, 1.54) is 17.4 Å². The van der Waals surface area contributed by atoms with Crippen LogP contribution in [-0.4, -0.2) is 21.6 Å². The fourth-order valence-electron chi connectivity index (χ4n) is 1.28. The summed E-state index contributed by atoms with van der Waals surface area (Å²) < 4.78 is 1.64. The molecule has 0 radical (unpaired) electrons. The molecule has 2 heterocycles. The molecule has 2 aromatic rings. The highest BCUT2D eigenvalue weighted by atomic mass is 32.1. The number of aryl methyl sites for hydroxylation is 1. The first-order valence-corrected chi connectivity index (χ1v) is 6.28. The van der Waals surface area contributed by atoms with Gasteiger partial charge in [-0.15, -0.1) is 11.3 Å². The predicted octanol–water partition coefficient (Wildman–Crippen LogP) is 1.36. The Kier molecular flexibility index (Phi) is 4.09. The van der Waals surface area contributed by atoms with Gasteiger partial charge < -0.3 is 10.6 Å². The van der Waals surface area contributed by atoms with Crippen molar-refractivity contribution < 1.29 is 9.63 Å². The van der Waals surface area contributed by atoms with Crippen molar-refractivity contribution in [1.29, 1.82) is 0 Å². The quantitative estimate of drug-likeness (QED) is 0.300. The van der Waals surface area contributed by atoms with Crippen molar-refractivity contribution in [3.63, 3.8) is 0 Å². The van der Waals surface area contributed by atoms with Crippen LogP contribution in [0.1, 0.15) is 10.4 Å². The topological polar surface area (TPSA) is 82.5 Å². The number of aromatic nitrogens is 2. The Morgan fingerprint density at radius 3 is 3.11 bits per heavy atom. The summed E-state index contributed by atoms with van der Waals surface area (Å²) >= 11 is 1.42. The van der Waals surface area contributed by atoms with Gasteiger partial charge in [-0.3, -0.25) is 4.68 Å². The minimum atomic E-state index is -0.594. The van der Waals surface area contributed by atoms with Crippen molar-refractivity contribution >= 4 is 29.2 Å². The maximum atomic E-state index is 11.4. The van der Waals surface area contributed by atoms with Crippen LogP contribution >= 0.6 is 11.3 Å². The Balaban J connectivity index is 1.91. The number of carbonyl (C=O) groups is 1. The summed E-state index contributed by atoms with van der Waals surface area (Å²) in [5, 5.41) is 9.40. The lowest BCUT2D eigenvalue weighted by atomic mass is 10.3. The number of hydrogen-bond acceptors (Lipinski definition) is 5. The normalized spacial score (nSPS) is 11.9. The molecule has 0 bridgehead atoms. The third kappa shape index (κ3) is 3.78. The molecule has 0 fully saturated rings. The Morgan fingerprint density at radius 1 is 1.63 bits per heavy atom. The highest BCUT2D eigenvalue weighted by molar-refractivity contribution is 7.12. The van der Waals surface area contributed by atoms with Crippen LogP contribution in [0.25, 0.3) is 6.08 Å². The molecular formula is C12H12N4O2S. The van der Waals surface area contributed by atoms with Crippen LogP contribution in [0.2, 0.25) is 0 Å². The van der Waals surface area contributed by atoms with Crippen LogP contribution < -0.4 is 5.73 Å². The molecule has 0 aliphatic carbocycles. The molecule has 2 aromatic heterocycles. The van der Waals surface area contributed by atoms with Gasteiger partial charge in [-0.05, 0) is 17.5 Å². The van der Waals surface area contributed by atoms with Crippen molar-refractivity contribution in [2.75, 3.05) is 0 Å². The summed E-state index contributed by atoms with van der Waals surface area (Å²) in [5.74, 6) is -0.415. The van der Waals surface area contributed by atoms with E-state index in [0.29, 0.717) is 0 Å². The van der Waals surface area contributed by atoms with Crippen molar-refractivity contribution in [3.05, 3.63) is 46.4 Å². The second-order valence-electron chi connectivity index (χ2n) is 3.64. The third-order valence-corrected chi connectivity index (χ3v) is 3.04. The molecule has 6 nitrogen and oxygen atoms in total. The number of hydrogen-bond donors (Lipinski definition) is 1. The smallest absolute Gasteiger partial charge is 0.358 e. The van der Waals surface area contributed by atoms with Crippen molar-refractivity contribution in [3.8, 4) is 0 Å². The molecule has 0 aromatic carbocycles. The average Bonchev–Trinajstić information content (AvgIpc) is 3.04. The largest absolute Gasteiger partial charge is 0.380 e. The molecule has 2 N–H and O–H groups in total. The molecule has 0 saturated carbocycles. The van der Waals surface area contributed by atoms with Gasteiger partial charge in [0.1, 0.15) is 0 Å². The summed E-state index contributed by atoms with van der Waals surface area (Å²) in [6, 6.07) is 3.63. The standard InChI is InChI=1S/C12H12N4O2S/c1-16-8-9(7-14-16)4-5-11(17)18-15-12(13)10-3-2-6-19-10/h2-8H,1H3,(H2,13,15)/b5-4+. The lowest BCUT2D eigenvalue weighted by molar-refractivity contribution is -0.137. The molecule has 7 heteroatoms. The summed E-state index contributed by atoms with van der Waals surface area (Å²) in [6.45, 7) is 0. The molecule has 0 unspecified atom stereocenters. The second kappa shape index (κ2) is 5.96. The van der Waals surface area contributed by atoms with Gasteiger partial charge in [0.2, 0.25) is 0 Å². The number of thiophene rings is 1. The number of carbonyl (C=O) groups excluding carboxylic acids is 1.